The van der Waals surface area contributed by atoms with Crippen LogP contribution in [0.1, 0.15) is 66.2 Å². The van der Waals surface area contributed by atoms with Crippen molar-refractivity contribution < 1.29 is 14.4 Å². The number of nitrogens with zero attached hydrogens (tertiary/aromatic N) is 4. The first-order valence-electron chi connectivity index (χ1n) is 20.3. The lowest BCUT2D eigenvalue weighted by Gasteiger charge is -2.40. The van der Waals surface area contributed by atoms with Gasteiger partial charge >= 0.3 is 0 Å². The molecule has 3 heterocycles. The number of piperidine rings is 2. The van der Waals surface area contributed by atoms with Gasteiger partial charge in [-0.05, 0) is 96.5 Å². The summed E-state index contributed by atoms with van der Waals surface area (Å²) < 4.78 is 0. The van der Waals surface area contributed by atoms with Crippen LogP contribution in [0.2, 0.25) is 0 Å². The molecule has 55 heavy (non-hydrogen) atoms. The minimum absolute atomic E-state index is 0.133. The predicted molar refractivity (Wildman–Crippen MR) is 220 cm³/mol. The topological polar surface area (TPSA) is 88.2 Å². The van der Waals surface area contributed by atoms with Gasteiger partial charge in [0, 0.05) is 82.3 Å². The van der Waals surface area contributed by atoms with Crippen LogP contribution < -0.4 is 20.4 Å². The first kappa shape index (κ1) is 36.8. The van der Waals surface area contributed by atoms with Gasteiger partial charge < -0.3 is 20.0 Å². The van der Waals surface area contributed by atoms with Crippen LogP contribution in [0.5, 0.6) is 0 Å². The lowest BCUT2D eigenvalue weighted by Crippen LogP contribution is -2.52. The zero-order valence-electron chi connectivity index (χ0n) is 32.0. The molecule has 3 aliphatic heterocycles. The number of rotatable bonds is 10. The molecule has 4 aromatic carbocycles. The minimum atomic E-state index is -0.444. The lowest BCUT2D eigenvalue weighted by atomic mass is 9.69. The number of likely N-dealkylation sites (N-methyl/N-ethyl adjacent to an activating group) is 1. The zero-order chi connectivity index (χ0) is 37.7. The van der Waals surface area contributed by atoms with E-state index in [-0.39, 0.29) is 17.7 Å². The lowest BCUT2D eigenvalue weighted by molar-refractivity contribution is -0.134. The van der Waals surface area contributed by atoms with Gasteiger partial charge in [-0.15, -0.1) is 0 Å². The van der Waals surface area contributed by atoms with Gasteiger partial charge in [-0.25, -0.2) is 0 Å². The maximum atomic E-state index is 13.3. The number of hydrogen-bond donors (Lipinski definition) is 2. The van der Waals surface area contributed by atoms with Crippen molar-refractivity contribution in [1.29, 1.82) is 0 Å². The zero-order valence-corrected chi connectivity index (χ0v) is 32.0. The number of carbonyl (C=O) groups excluding carboxylic acids is 3. The Labute approximate surface area is 325 Å². The Morgan fingerprint density at radius 2 is 1.51 bits per heavy atom. The van der Waals surface area contributed by atoms with E-state index >= 15 is 0 Å². The van der Waals surface area contributed by atoms with Crippen LogP contribution in [0.4, 0.5) is 17.1 Å². The number of fused-ring (bicyclic) bond motifs is 1. The number of imide groups is 1. The van der Waals surface area contributed by atoms with Gasteiger partial charge in [0.15, 0.2) is 0 Å². The molecular weight excluding hydrogens is 685 g/mol. The van der Waals surface area contributed by atoms with Gasteiger partial charge in [0.05, 0.1) is 6.54 Å². The Balaban J connectivity index is 0.794. The summed E-state index contributed by atoms with van der Waals surface area (Å²) >= 11 is 0. The molecule has 3 saturated heterocycles. The predicted octanol–water partition coefficient (Wildman–Crippen LogP) is 6.26. The van der Waals surface area contributed by atoms with E-state index in [2.05, 4.69) is 99.3 Å². The van der Waals surface area contributed by atoms with Crippen LogP contribution in [0.3, 0.4) is 0 Å². The summed E-state index contributed by atoms with van der Waals surface area (Å²) in [6.45, 7) is 6.90. The van der Waals surface area contributed by atoms with E-state index in [1.807, 2.05) is 41.1 Å². The Bertz CT molecular complexity index is 1950. The molecule has 2 N–H and O–H groups in total. The molecule has 0 radical (unpaired) electrons. The molecule has 8 rings (SSSR count). The average molecular weight is 739 g/mol. The molecule has 4 aliphatic rings. The van der Waals surface area contributed by atoms with Gasteiger partial charge in [-0.3, -0.25) is 24.6 Å². The summed E-state index contributed by atoms with van der Waals surface area (Å²) in [7, 11) is 1.93. The van der Waals surface area contributed by atoms with Crippen molar-refractivity contribution in [2.75, 3.05) is 74.5 Å². The van der Waals surface area contributed by atoms with E-state index in [9.17, 15) is 14.4 Å². The van der Waals surface area contributed by atoms with E-state index in [4.69, 9.17) is 0 Å². The molecule has 9 nitrogen and oxygen atoms in total. The highest BCUT2D eigenvalue weighted by Gasteiger charge is 2.32. The summed E-state index contributed by atoms with van der Waals surface area (Å²) in [6.07, 6.45) is 5.48. The standard InChI is InChI=1S/C46H54N6O3/c1-49(39-12-7-11-37(30-39)47-42-20-21-43(53)48-46(42)55)32-44(54)52-28-26-50(27-29-52)31-33-22-24-51(25-23-33)38-17-14-36(15-18-38)45-40-13-6-5-10-35(40)16-19-41(45)34-8-3-2-4-9-34/h2-15,17-18,30,33,41-42,45,47H,16,19-29,31-32H2,1H3,(H,48,53,55). The number of carbonyl (C=O) groups is 3. The highest BCUT2D eigenvalue weighted by Crippen LogP contribution is 2.46. The molecule has 0 bridgehead atoms. The number of nitrogens with one attached hydrogen (secondary N) is 2. The van der Waals surface area contributed by atoms with Crippen LogP contribution in [0.25, 0.3) is 0 Å². The second-order valence-corrected chi connectivity index (χ2v) is 16.0. The maximum absolute atomic E-state index is 13.3. The first-order chi connectivity index (χ1) is 26.9. The summed E-state index contributed by atoms with van der Waals surface area (Å²) in [5, 5.41) is 5.63. The number of anilines is 3. The highest BCUT2D eigenvalue weighted by molar-refractivity contribution is 6.01. The molecule has 0 saturated carbocycles. The Kier molecular flexibility index (Phi) is 11.2. The normalized spacial score (nSPS) is 22.2. The van der Waals surface area contributed by atoms with Crippen molar-refractivity contribution >= 4 is 34.8 Å². The van der Waals surface area contributed by atoms with Gasteiger partial charge in [0.2, 0.25) is 17.7 Å². The molecule has 1 aliphatic carbocycles. The molecule has 9 heteroatoms. The Morgan fingerprint density at radius 1 is 0.764 bits per heavy atom. The minimum Gasteiger partial charge on any atom is -0.374 e. The summed E-state index contributed by atoms with van der Waals surface area (Å²) in [5.74, 6) is 1.14. The summed E-state index contributed by atoms with van der Waals surface area (Å²) in [5.41, 5.74) is 8.86. The Hall–Kier alpha value is -5.15. The fourth-order valence-corrected chi connectivity index (χ4v) is 9.30. The summed E-state index contributed by atoms with van der Waals surface area (Å²) in [6, 6.07) is 36.9. The Morgan fingerprint density at radius 3 is 2.27 bits per heavy atom. The molecule has 3 fully saturated rings. The fraction of sp³-hybridized carbons (Fsp3) is 0.413. The number of benzene rings is 4. The van der Waals surface area contributed by atoms with Crippen LogP contribution in [-0.4, -0.2) is 93.0 Å². The van der Waals surface area contributed by atoms with Crippen molar-refractivity contribution in [3.8, 4) is 0 Å². The van der Waals surface area contributed by atoms with E-state index in [1.165, 1.54) is 47.2 Å². The van der Waals surface area contributed by atoms with Gasteiger partial charge in [-0.2, -0.15) is 0 Å². The molecule has 3 unspecified atom stereocenters. The molecule has 0 spiro atoms. The second kappa shape index (κ2) is 16.7. The summed E-state index contributed by atoms with van der Waals surface area (Å²) in [4.78, 5) is 46.1. The number of hydrogen-bond acceptors (Lipinski definition) is 7. The third kappa shape index (κ3) is 8.57. The van der Waals surface area contributed by atoms with Crippen molar-refractivity contribution in [3.63, 3.8) is 0 Å². The van der Waals surface area contributed by atoms with Crippen molar-refractivity contribution in [2.45, 2.75) is 56.4 Å². The molecule has 0 aromatic heterocycles. The quantitative estimate of drug-likeness (QED) is 0.186. The third-order valence-corrected chi connectivity index (χ3v) is 12.5. The number of aryl methyl sites for hydroxylation is 1. The molecule has 286 valence electrons. The number of piperazine rings is 1. The SMILES string of the molecule is CN(CC(=O)N1CCN(CC2CCN(c3ccc(C4c5ccccc5CCC4c4ccccc4)cc3)CC2)CC1)c1cccc(NC2CCC(=O)NC2=O)c1. The molecule has 3 atom stereocenters. The second-order valence-electron chi connectivity index (χ2n) is 16.0. The van der Waals surface area contributed by atoms with Gasteiger partial charge in [-0.1, -0.05) is 72.8 Å². The monoisotopic (exact) mass is 738 g/mol. The largest absolute Gasteiger partial charge is 0.374 e. The van der Waals surface area contributed by atoms with Crippen molar-refractivity contribution in [1.82, 2.24) is 15.1 Å². The van der Waals surface area contributed by atoms with E-state index in [0.29, 0.717) is 37.1 Å². The van der Waals surface area contributed by atoms with E-state index < -0.39 is 6.04 Å². The van der Waals surface area contributed by atoms with Gasteiger partial charge in [0.1, 0.15) is 6.04 Å². The smallest absolute Gasteiger partial charge is 0.249 e. The number of amides is 3. The van der Waals surface area contributed by atoms with Crippen LogP contribution in [0, 0.1) is 5.92 Å². The van der Waals surface area contributed by atoms with Crippen LogP contribution >= 0.6 is 0 Å². The first-order valence-corrected chi connectivity index (χ1v) is 20.3. The van der Waals surface area contributed by atoms with E-state index in [1.54, 1.807) is 0 Å². The van der Waals surface area contributed by atoms with Crippen LogP contribution in [0.15, 0.2) is 103 Å². The fourth-order valence-electron chi connectivity index (χ4n) is 9.30. The molecular formula is C46H54N6O3. The van der Waals surface area contributed by atoms with Crippen molar-refractivity contribution in [3.05, 3.63) is 125 Å². The van der Waals surface area contributed by atoms with Gasteiger partial charge in [0.25, 0.3) is 0 Å². The maximum Gasteiger partial charge on any atom is 0.249 e. The van der Waals surface area contributed by atoms with E-state index in [0.717, 1.165) is 63.6 Å². The van der Waals surface area contributed by atoms with Crippen LogP contribution in [-0.2, 0) is 20.8 Å². The average Bonchev–Trinajstić information content (AvgIpc) is 3.22. The molecule has 4 aromatic rings. The van der Waals surface area contributed by atoms with Crippen molar-refractivity contribution in [2.24, 2.45) is 5.92 Å². The highest BCUT2D eigenvalue weighted by atomic mass is 16.2. The third-order valence-electron chi connectivity index (χ3n) is 12.5. The molecule has 3 amide bonds.